The van der Waals surface area contributed by atoms with Crippen LogP contribution in [0.25, 0.3) is 0 Å². The van der Waals surface area contributed by atoms with Crippen LogP contribution in [0.1, 0.15) is 348 Å². The van der Waals surface area contributed by atoms with Crippen LogP contribution in [-0.2, 0) is 28.6 Å². The number of hydrogen-bond donors (Lipinski definition) is 0. The Morgan fingerprint density at radius 2 is 0.500 bits per heavy atom. The zero-order valence-electron chi connectivity index (χ0n) is 51.9. The van der Waals surface area contributed by atoms with Gasteiger partial charge in [-0.25, -0.2) is 0 Å². The molecule has 0 aliphatic carbocycles. The molecule has 1 unspecified atom stereocenters. The average Bonchev–Trinajstić information content (AvgIpc) is 3.44. The minimum atomic E-state index is -0.769. The van der Waals surface area contributed by atoms with Crippen molar-refractivity contribution in [2.45, 2.75) is 354 Å². The molecular weight excluding hydrogens is 961 g/mol. The predicted octanol–water partition coefficient (Wildman–Crippen LogP) is 23.3. The third kappa shape index (κ3) is 63.7. The van der Waals surface area contributed by atoms with E-state index in [0.29, 0.717) is 19.3 Å². The number of ether oxygens (including phenoxy) is 3. The molecule has 0 radical (unpaired) electrons. The van der Waals surface area contributed by atoms with E-state index in [-0.39, 0.29) is 31.1 Å². The van der Waals surface area contributed by atoms with Gasteiger partial charge in [0.1, 0.15) is 13.2 Å². The van der Waals surface area contributed by atoms with Crippen LogP contribution >= 0.6 is 0 Å². The second-order valence-corrected chi connectivity index (χ2v) is 22.7. The first kappa shape index (κ1) is 74.8. The highest BCUT2D eigenvalue weighted by molar-refractivity contribution is 5.71. The van der Waals surface area contributed by atoms with Crippen LogP contribution in [0.3, 0.4) is 0 Å². The second kappa shape index (κ2) is 66.4. The molecule has 6 nitrogen and oxygen atoms in total. The first-order chi connectivity index (χ1) is 38.5. The minimum absolute atomic E-state index is 0.0675. The van der Waals surface area contributed by atoms with Gasteiger partial charge in [-0.1, -0.05) is 331 Å². The lowest BCUT2D eigenvalue weighted by Gasteiger charge is -2.18. The number of allylic oxidation sites excluding steroid dienone is 12. The molecular formula is C72H128O6. The van der Waals surface area contributed by atoms with Gasteiger partial charge in [0.05, 0.1) is 0 Å². The fourth-order valence-corrected chi connectivity index (χ4v) is 9.92. The molecule has 0 saturated carbocycles. The number of carbonyl (C=O) groups is 3. The van der Waals surface area contributed by atoms with E-state index in [1.165, 1.54) is 212 Å². The maximum atomic E-state index is 12.9. The molecule has 0 heterocycles. The second-order valence-electron chi connectivity index (χ2n) is 22.7. The van der Waals surface area contributed by atoms with Crippen molar-refractivity contribution < 1.29 is 28.6 Å². The average molecular weight is 1090 g/mol. The lowest BCUT2D eigenvalue weighted by atomic mass is 10.0. The van der Waals surface area contributed by atoms with Crippen molar-refractivity contribution in [3.8, 4) is 0 Å². The first-order valence-corrected chi connectivity index (χ1v) is 33.9. The van der Waals surface area contributed by atoms with Gasteiger partial charge in [0.2, 0.25) is 0 Å². The van der Waals surface area contributed by atoms with Gasteiger partial charge in [0, 0.05) is 19.3 Å². The normalized spacial score (nSPS) is 12.5. The van der Waals surface area contributed by atoms with Crippen molar-refractivity contribution in [2.75, 3.05) is 13.2 Å². The molecule has 1 atom stereocenters. The van der Waals surface area contributed by atoms with E-state index in [2.05, 4.69) is 93.7 Å². The lowest BCUT2D eigenvalue weighted by molar-refractivity contribution is -0.167. The molecule has 0 aliphatic rings. The fourth-order valence-electron chi connectivity index (χ4n) is 9.92. The van der Waals surface area contributed by atoms with E-state index in [4.69, 9.17) is 14.2 Å². The molecule has 0 rings (SSSR count). The largest absolute Gasteiger partial charge is 0.462 e. The molecule has 0 aromatic heterocycles. The lowest BCUT2D eigenvalue weighted by Crippen LogP contribution is -2.30. The Morgan fingerprint density at radius 3 is 0.782 bits per heavy atom. The van der Waals surface area contributed by atoms with Crippen molar-refractivity contribution in [3.63, 3.8) is 0 Å². The van der Waals surface area contributed by atoms with Gasteiger partial charge in [-0.2, -0.15) is 0 Å². The molecule has 0 spiro atoms. The van der Waals surface area contributed by atoms with Crippen molar-refractivity contribution in [1.29, 1.82) is 0 Å². The summed E-state index contributed by atoms with van der Waals surface area (Å²) < 4.78 is 16.9. The molecule has 0 aliphatic heterocycles. The Bertz CT molecular complexity index is 1440. The van der Waals surface area contributed by atoms with Crippen LogP contribution in [-0.4, -0.2) is 37.2 Å². The Morgan fingerprint density at radius 1 is 0.269 bits per heavy atom. The third-order valence-electron chi connectivity index (χ3n) is 15.0. The van der Waals surface area contributed by atoms with Gasteiger partial charge in [-0.05, 0) is 70.6 Å². The Balaban J connectivity index is 4.06. The summed E-state index contributed by atoms with van der Waals surface area (Å²) in [7, 11) is 0. The van der Waals surface area contributed by atoms with Crippen molar-refractivity contribution in [2.24, 2.45) is 0 Å². The van der Waals surface area contributed by atoms with Gasteiger partial charge in [-0.3, -0.25) is 14.4 Å². The molecule has 0 aromatic carbocycles. The molecule has 0 amide bonds. The van der Waals surface area contributed by atoms with Crippen LogP contribution in [0.5, 0.6) is 0 Å². The molecule has 6 heteroatoms. The predicted molar refractivity (Wildman–Crippen MR) is 339 cm³/mol. The number of carbonyl (C=O) groups excluding carboxylic acids is 3. The van der Waals surface area contributed by atoms with E-state index in [1.807, 2.05) is 0 Å². The fraction of sp³-hybridized carbons (Fsp3) is 0.792. The molecule has 0 fully saturated rings. The third-order valence-corrected chi connectivity index (χ3v) is 15.0. The zero-order valence-corrected chi connectivity index (χ0v) is 51.9. The van der Waals surface area contributed by atoms with Gasteiger partial charge in [-0.15, -0.1) is 0 Å². The monoisotopic (exact) mass is 1090 g/mol. The van der Waals surface area contributed by atoms with E-state index in [9.17, 15) is 14.4 Å². The van der Waals surface area contributed by atoms with Crippen molar-refractivity contribution >= 4 is 17.9 Å². The zero-order chi connectivity index (χ0) is 56.4. The maximum absolute atomic E-state index is 12.9. The van der Waals surface area contributed by atoms with Crippen molar-refractivity contribution in [3.05, 3.63) is 72.9 Å². The molecule has 452 valence electrons. The molecule has 0 N–H and O–H groups in total. The summed E-state index contributed by atoms with van der Waals surface area (Å²) in [5.41, 5.74) is 0. The van der Waals surface area contributed by atoms with Crippen LogP contribution in [0, 0.1) is 0 Å². The Hall–Kier alpha value is -3.15. The van der Waals surface area contributed by atoms with Gasteiger partial charge in [0.15, 0.2) is 6.10 Å². The maximum Gasteiger partial charge on any atom is 0.306 e. The summed E-state index contributed by atoms with van der Waals surface area (Å²) in [6.07, 6.45) is 86.5. The van der Waals surface area contributed by atoms with Crippen molar-refractivity contribution in [1.82, 2.24) is 0 Å². The minimum Gasteiger partial charge on any atom is -0.462 e. The number of hydrogen-bond acceptors (Lipinski definition) is 6. The Kier molecular flexibility index (Phi) is 63.7. The number of unbranched alkanes of at least 4 members (excludes halogenated alkanes) is 39. The quantitative estimate of drug-likeness (QED) is 0.0261. The smallest absolute Gasteiger partial charge is 0.306 e. The highest BCUT2D eigenvalue weighted by atomic mass is 16.6. The van der Waals surface area contributed by atoms with Gasteiger partial charge < -0.3 is 14.2 Å². The molecule has 78 heavy (non-hydrogen) atoms. The van der Waals surface area contributed by atoms with Gasteiger partial charge >= 0.3 is 17.9 Å². The number of rotatable bonds is 62. The van der Waals surface area contributed by atoms with E-state index >= 15 is 0 Å². The highest BCUT2D eigenvalue weighted by Gasteiger charge is 2.19. The van der Waals surface area contributed by atoms with Crippen LogP contribution < -0.4 is 0 Å². The summed E-state index contributed by atoms with van der Waals surface area (Å²) in [6.45, 7) is 6.56. The van der Waals surface area contributed by atoms with Crippen LogP contribution in [0.15, 0.2) is 72.9 Å². The van der Waals surface area contributed by atoms with Crippen LogP contribution in [0.4, 0.5) is 0 Å². The highest BCUT2D eigenvalue weighted by Crippen LogP contribution is 2.18. The summed E-state index contributed by atoms with van der Waals surface area (Å²) in [5, 5.41) is 0. The first-order valence-electron chi connectivity index (χ1n) is 33.9. The van der Waals surface area contributed by atoms with E-state index < -0.39 is 6.10 Å². The molecule has 0 saturated heterocycles. The topological polar surface area (TPSA) is 78.9 Å². The SMILES string of the molecule is CC/C=C\C/C=C\C/C=C\C/C=C\C/C=C\C/C=C\CCCCCCCCCCCCCCCCCCC(=O)OCC(COC(=O)CCCCCCCCCCCCC)OC(=O)CCCCCCCCCCCCCCCC. The van der Waals surface area contributed by atoms with Crippen LogP contribution in [0.2, 0.25) is 0 Å². The van der Waals surface area contributed by atoms with E-state index in [0.717, 1.165) is 96.3 Å². The molecule has 0 aromatic rings. The standard InChI is InChI=1S/C72H128O6/c1-4-7-10-13-16-19-22-24-26-27-28-29-30-31-32-33-34-35-36-37-38-39-40-41-42-43-44-45-46-48-50-53-56-59-62-65-71(74)77-68-69(67-76-70(73)64-61-58-55-52-49-21-18-15-12-9-6-3)78-72(75)66-63-60-57-54-51-47-25-23-20-17-14-11-8-5-2/h7,10,16,19,24,26,28-29,31-32,34-35,69H,4-6,8-9,11-15,17-18,20-23,25,27,30,33,36-68H2,1-3H3/b10-7-,19-16-,26-24-,29-28-,32-31-,35-34-. The summed E-state index contributed by atoms with van der Waals surface area (Å²) in [4.78, 5) is 38.2. The summed E-state index contributed by atoms with van der Waals surface area (Å²) >= 11 is 0. The summed E-state index contributed by atoms with van der Waals surface area (Å²) in [6, 6.07) is 0. The van der Waals surface area contributed by atoms with E-state index in [1.54, 1.807) is 0 Å². The molecule has 0 bridgehead atoms. The van der Waals surface area contributed by atoms with Gasteiger partial charge in [0.25, 0.3) is 0 Å². The Labute approximate surface area is 484 Å². The number of esters is 3. The summed E-state index contributed by atoms with van der Waals surface area (Å²) in [5.74, 6) is -0.847.